The molecule has 0 atom stereocenters. The Morgan fingerprint density at radius 1 is 1.00 bits per heavy atom. The lowest BCUT2D eigenvalue weighted by Crippen LogP contribution is -2.44. The Kier molecular flexibility index (Phi) is 6.93. The van der Waals surface area contributed by atoms with Crippen LogP contribution < -0.4 is 14.5 Å². The topological polar surface area (TPSA) is 36.0 Å². The molecule has 0 radical (unpaired) electrons. The van der Waals surface area contributed by atoms with Gasteiger partial charge in [0.25, 0.3) is 0 Å². The van der Waals surface area contributed by atoms with Gasteiger partial charge in [0.05, 0.1) is 13.7 Å². The van der Waals surface area contributed by atoms with Crippen LogP contribution >= 0.6 is 0 Å². The first-order valence-corrected chi connectivity index (χ1v) is 10.1. The Morgan fingerprint density at radius 3 is 2.36 bits per heavy atom. The van der Waals surface area contributed by atoms with Gasteiger partial charge >= 0.3 is 0 Å². The highest BCUT2D eigenvalue weighted by molar-refractivity contribution is 5.95. The third-order valence-corrected chi connectivity index (χ3v) is 5.20. The first-order valence-electron chi connectivity index (χ1n) is 10.1. The molecule has 0 unspecified atom stereocenters. The Labute approximate surface area is 168 Å². The lowest BCUT2D eigenvalue weighted by molar-refractivity contribution is -0.120. The number of amides is 1. The number of carbonyl (C=O) groups is 1. The third kappa shape index (κ3) is 5.04. The minimum absolute atomic E-state index is 0.137. The molecule has 1 aliphatic rings. The predicted octanol–water partition coefficient (Wildman–Crippen LogP) is 3.65. The zero-order chi connectivity index (χ0) is 19.9. The SMILES string of the molecule is COc1ccc(N2CCCN(CC(=O)N(c3ccccc3)C(C)C)CC2)cc1. The standard InChI is InChI=1S/C23H31N3O2/c1-19(2)26(21-8-5-4-6-9-21)23(27)18-24-14-7-15-25(17-16-24)20-10-12-22(28-3)13-11-20/h4-6,8-13,19H,7,14-18H2,1-3H3. The van der Waals surface area contributed by atoms with E-state index in [0.717, 1.165) is 44.0 Å². The van der Waals surface area contributed by atoms with Gasteiger partial charge in [0.1, 0.15) is 5.75 Å². The van der Waals surface area contributed by atoms with Crippen LogP contribution in [0, 0.1) is 0 Å². The van der Waals surface area contributed by atoms with E-state index in [4.69, 9.17) is 4.74 Å². The number of rotatable bonds is 6. The van der Waals surface area contributed by atoms with Crippen LogP contribution in [0.3, 0.4) is 0 Å². The van der Waals surface area contributed by atoms with Crippen molar-refractivity contribution in [1.29, 1.82) is 0 Å². The fraction of sp³-hybridized carbons (Fsp3) is 0.435. The number of nitrogens with zero attached hydrogens (tertiary/aromatic N) is 3. The number of hydrogen-bond donors (Lipinski definition) is 0. The molecule has 2 aromatic rings. The summed E-state index contributed by atoms with van der Waals surface area (Å²) in [5.74, 6) is 1.04. The first kappa shape index (κ1) is 20.2. The average Bonchev–Trinajstić information content (AvgIpc) is 2.94. The van der Waals surface area contributed by atoms with E-state index in [9.17, 15) is 4.79 Å². The zero-order valence-electron chi connectivity index (χ0n) is 17.2. The smallest absolute Gasteiger partial charge is 0.241 e. The molecule has 3 rings (SSSR count). The number of carbonyl (C=O) groups excluding carboxylic acids is 1. The minimum atomic E-state index is 0.137. The molecule has 150 valence electrons. The number of hydrogen-bond acceptors (Lipinski definition) is 4. The summed E-state index contributed by atoms with van der Waals surface area (Å²) in [6, 6.07) is 18.3. The summed E-state index contributed by atoms with van der Waals surface area (Å²) in [4.78, 5) is 19.6. The van der Waals surface area contributed by atoms with Gasteiger partial charge in [-0.05, 0) is 56.7 Å². The van der Waals surface area contributed by atoms with Gasteiger partial charge in [-0.2, -0.15) is 0 Å². The van der Waals surface area contributed by atoms with Crippen LogP contribution in [0.15, 0.2) is 54.6 Å². The van der Waals surface area contributed by atoms with Gasteiger partial charge in [0, 0.05) is 43.6 Å². The van der Waals surface area contributed by atoms with Gasteiger partial charge in [-0.3, -0.25) is 9.69 Å². The highest BCUT2D eigenvalue weighted by atomic mass is 16.5. The molecule has 0 bridgehead atoms. The van der Waals surface area contributed by atoms with Crippen molar-refractivity contribution in [2.45, 2.75) is 26.3 Å². The Bertz CT molecular complexity index is 746. The highest BCUT2D eigenvalue weighted by Gasteiger charge is 2.23. The first-order chi connectivity index (χ1) is 13.6. The van der Waals surface area contributed by atoms with E-state index in [-0.39, 0.29) is 11.9 Å². The summed E-state index contributed by atoms with van der Waals surface area (Å²) in [5.41, 5.74) is 2.18. The Balaban J connectivity index is 1.61. The third-order valence-electron chi connectivity index (χ3n) is 5.20. The van der Waals surface area contributed by atoms with Gasteiger partial charge in [0.15, 0.2) is 0 Å². The van der Waals surface area contributed by atoms with E-state index < -0.39 is 0 Å². The molecule has 2 aromatic carbocycles. The van der Waals surface area contributed by atoms with Gasteiger partial charge < -0.3 is 14.5 Å². The van der Waals surface area contributed by atoms with Crippen LogP contribution in [0.5, 0.6) is 5.75 Å². The van der Waals surface area contributed by atoms with Gasteiger partial charge in [-0.25, -0.2) is 0 Å². The quantitative estimate of drug-likeness (QED) is 0.765. The minimum Gasteiger partial charge on any atom is -0.497 e. The second-order valence-corrected chi connectivity index (χ2v) is 7.51. The fourth-order valence-electron chi connectivity index (χ4n) is 3.77. The van der Waals surface area contributed by atoms with E-state index in [1.165, 1.54) is 5.69 Å². The zero-order valence-corrected chi connectivity index (χ0v) is 17.2. The van der Waals surface area contributed by atoms with Gasteiger partial charge in [0.2, 0.25) is 5.91 Å². The van der Waals surface area contributed by atoms with E-state index in [1.807, 2.05) is 47.4 Å². The number of benzene rings is 2. The molecule has 1 heterocycles. The van der Waals surface area contributed by atoms with Crippen molar-refractivity contribution in [1.82, 2.24) is 4.90 Å². The normalized spacial score (nSPS) is 15.4. The molecular formula is C23H31N3O2. The molecule has 0 aromatic heterocycles. The van der Waals surface area contributed by atoms with Crippen LogP contribution in [0.25, 0.3) is 0 Å². The summed E-state index contributed by atoms with van der Waals surface area (Å²) in [6.45, 7) is 8.36. The second kappa shape index (κ2) is 9.60. The van der Waals surface area contributed by atoms with E-state index >= 15 is 0 Å². The van der Waals surface area contributed by atoms with Gasteiger partial charge in [-0.1, -0.05) is 18.2 Å². The van der Waals surface area contributed by atoms with Crippen LogP contribution in [0.1, 0.15) is 20.3 Å². The number of anilines is 2. The lowest BCUT2D eigenvalue weighted by atomic mass is 10.2. The maximum absolute atomic E-state index is 13.0. The van der Waals surface area contributed by atoms with E-state index in [1.54, 1.807) is 7.11 Å². The molecule has 0 spiro atoms. The monoisotopic (exact) mass is 381 g/mol. The van der Waals surface area contributed by atoms with Gasteiger partial charge in [-0.15, -0.1) is 0 Å². The molecule has 1 amide bonds. The Morgan fingerprint density at radius 2 is 1.71 bits per heavy atom. The maximum Gasteiger partial charge on any atom is 0.241 e. The van der Waals surface area contributed by atoms with Crippen molar-refractivity contribution in [2.75, 3.05) is 49.6 Å². The number of para-hydroxylation sites is 1. The molecule has 5 nitrogen and oxygen atoms in total. The Hall–Kier alpha value is -2.53. The largest absolute Gasteiger partial charge is 0.497 e. The van der Waals surface area contributed by atoms with Crippen molar-refractivity contribution in [3.63, 3.8) is 0 Å². The number of ether oxygens (including phenoxy) is 1. The average molecular weight is 382 g/mol. The maximum atomic E-state index is 13.0. The van der Waals surface area contributed by atoms with Crippen LogP contribution in [-0.4, -0.2) is 56.7 Å². The van der Waals surface area contributed by atoms with Crippen molar-refractivity contribution in [2.24, 2.45) is 0 Å². The van der Waals surface area contributed by atoms with E-state index in [2.05, 4.69) is 35.8 Å². The fourth-order valence-corrected chi connectivity index (χ4v) is 3.77. The molecule has 0 saturated carbocycles. The molecule has 1 saturated heterocycles. The molecule has 0 aliphatic carbocycles. The van der Waals surface area contributed by atoms with Crippen molar-refractivity contribution in [3.8, 4) is 5.75 Å². The molecular weight excluding hydrogens is 350 g/mol. The predicted molar refractivity (Wildman–Crippen MR) is 115 cm³/mol. The van der Waals surface area contributed by atoms with Crippen LogP contribution in [-0.2, 0) is 4.79 Å². The molecule has 5 heteroatoms. The summed E-state index contributed by atoms with van der Waals surface area (Å²) in [5, 5.41) is 0. The number of methoxy groups -OCH3 is 1. The second-order valence-electron chi connectivity index (χ2n) is 7.51. The van der Waals surface area contributed by atoms with Crippen molar-refractivity contribution in [3.05, 3.63) is 54.6 Å². The lowest BCUT2D eigenvalue weighted by Gasteiger charge is -2.30. The van der Waals surface area contributed by atoms with Crippen LogP contribution in [0.2, 0.25) is 0 Å². The molecule has 1 aliphatic heterocycles. The molecule has 28 heavy (non-hydrogen) atoms. The summed E-state index contributed by atoms with van der Waals surface area (Å²) in [6.07, 6.45) is 1.05. The van der Waals surface area contributed by atoms with E-state index in [0.29, 0.717) is 6.54 Å². The summed E-state index contributed by atoms with van der Waals surface area (Å²) in [7, 11) is 1.69. The highest BCUT2D eigenvalue weighted by Crippen LogP contribution is 2.21. The van der Waals surface area contributed by atoms with Crippen LogP contribution in [0.4, 0.5) is 11.4 Å². The van der Waals surface area contributed by atoms with Crippen molar-refractivity contribution < 1.29 is 9.53 Å². The summed E-state index contributed by atoms with van der Waals surface area (Å²) < 4.78 is 5.25. The van der Waals surface area contributed by atoms with Crippen molar-refractivity contribution >= 4 is 17.3 Å². The molecule has 0 N–H and O–H groups in total. The summed E-state index contributed by atoms with van der Waals surface area (Å²) >= 11 is 0. The molecule has 1 fully saturated rings.